The molecule has 1 aromatic carbocycles. The molecule has 96 valence electrons. The fraction of sp³-hybridized carbons (Fsp3) is 0.467. The van der Waals surface area contributed by atoms with Crippen molar-refractivity contribution in [2.45, 2.75) is 33.6 Å². The van der Waals surface area contributed by atoms with Gasteiger partial charge in [0.2, 0.25) is 11.6 Å². The molecule has 0 N–H and O–H groups in total. The lowest BCUT2D eigenvalue weighted by Gasteiger charge is -2.11. The van der Waals surface area contributed by atoms with E-state index in [1.54, 1.807) is 6.07 Å². The highest BCUT2D eigenvalue weighted by atomic mass is 79.9. The summed E-state index contributed by atoms with van der Waals surface area (Å²) in [7, 11) is 0. The summed E-state index contributed by atoms with van der Waals surface area (Å²) in [6, 6.07) is 3.58. The number of Topliss-reactive ketones (excluding diaryl/α,β-unsaturated/α-hetero) is 2. The maximum Gasteiger partial charge on any atom is 0.229 e. The second kappa shape index (κ2) is 4.96. The SMILES string of the molecule is Cc1c(Br)ccc(C(=O)C(=O)C(C)C2CC2)c1C. The summed E-state index contributed by atoms with van der Waals surface area (Å²) in [6.45, 7) is 5.71. The lowest BCUT2D eigenvalue weighted by atomic mass is 9.91. The first-order valence-corrected chi connectivity index (χ1v) is 7.07. The maximum absolute atomic E-state index is 12.2. The quantitative estimate of drug-likeness (QED) is 0.625. The first-order valence-electron chi connectivity index (χ1n) is 6.27. The van der Waals surface area contributed by atoms with Crippen molar-refractivity contribution in [1.82, 2.24) is 0 Å². The van der Waals surface area contributed by atoms with Crippen LogP contribution < -0.4 is 0 Å². The predicted octanol–water partition coefficient (Wildman–Crippen LogP) is 3.86. The van der Waals surface area contributed by atoms with Crippen LogP contribution in [-0.2, 0) is 4.79 Å². The van der Waals surface area contributed by atoms with E-state index in [2.05, 4.69) is 15.9 Å². The molecule has 0 amide bonds. The van der Waals surface area contributed by atoms with E-state index in [0.717, 1.165) is 28.4 Å². The number of ketones is 2. The Morgan fingerprint density at radius 2 is 1.83 bits per heavy atom. The van der Waals surface area contributed by atoms with Crippen LogP contribution in [0.25, 0.3) is 0 Å². The van der Waals surface area contributed by atoms with Gasteiger partial charge in [-0.2, -0.15) is 0 Å². The summed E-state index contributed by atoms with van der Waals surface area (Å²) in [5.41, 5.74) is 2.46. The molecular weight excluding hydrogens is 292 g/mol. The van der Waals surface area contributed by atoms with Crippen LogP contribution in [0.2, 0.25) is 0 Å². The molecule has 3 heteroatoms. The van der Waals surface area contributed by atoms with Gasteiger partial charge >= 0.3 is 0 Å². The molecule has 0 aliphatic heterocycles. The van der Waals surface area contributed by atoms with E-state index in [1.165, 1.54) is 0 Å². The van der Waals surface area contributed by atoms with E-state index >= 15 is 0 Å². The Bertz CT molecular complexity index is 515. The van der Waals surface area contributed by atoms with Gasteiger partial charge < -0.3 is 0 Å². The number of hydrogen-bond donors (Lipinski definition) is 0. The minimum Gasteiger partial charge on any atom is -0.290 e. The third-order valence-corrected chi connectivity index (χ3v) is 4.79. The first-order chi connectivity index (χ1) is 8.43. The average Bonchev–Trinajstić information content (AvgIpc) is 3.18. The normalized spacial score (nSPS) is 16.4. The molecule has 1 fully saturated rings. The number of hydrogen-bond acceptors (Lipinski definition) is 2. The molecule has 0 spiro atoms. The van der Waals surface area contributed by atoms with Crippen LogP contribution in [-0.4, -0.2) is 11.6 Å². The molecule has 1 aliphatic carbocycles. The van der Waals surface area contributed by atoms with Gasteiger partial charge in [0, 0.05) is 16.0 Å². The lowest BCUT2D eigenvalue weighted by Crippen LogP contribution is -2.24. The standard InChI is InChI=1S/C15H17BrO2/c1-8-9(2)13(16)7-6-12(8)15(18)14(17)10(3)11-4-5-11/h6-7,10-11H,4-5H2,1-3H3. The number of halogens is 1. The van der Waals surface area contributed by atoms with E-state index in [9.17, 15) is 9.59 Å². The smallest absolute Gasteiger partial charge is 0.229 e. The summed E-state index contributed by atoms with van der Waals surface area (Å²) in [4.78, 5) is 24.3. The molecule has 1 saturated carbocycles. The topological polar surface area (TPSA) is 34.1 Å². The number of rotatable bonds is 4. The zero-order chi connectivity index (χ0) is 13.4. The maximum atomic E-state index is 12.2. The van der Waals surface area contributed by atoms with Crippen molar-refractivity contribution in [3.8, 4) is 0 Å². The highest BCUT2D eigenvalue weighted by Gasteiger charge is 2.36. The molecule has 0 aromatic heterocycles. The number of carbonyl (C=O) groups is 2. The van der Waals surface area contributed by atoms with Crippen LogP contribution in [0, 0.1) is 25.7 Å². The predicted molar refractivity (Wildman–Crippen MR) is 74.8 cm³/mol. The van der Waals surface area contributed by atoms with Crippen LogP contribution in [0.4, 0.5) is 0 Å². The van der Waals surface area contributed by atoms with Gasteiger partial charge in [0.05, 0.1) is 0 Å². The summed E-state index contributed by atoms with van der Waals surface area (Å²) >= 11 is 3.43. The Balaban J connectivity index is 2.28. The minimum absolute atomic E-state index is 0.124. The van der Waals surface area contributed by atoms with Crippen molar-refractivity contribution in [3.63, 3.8) is 0 Å². The van der Waals surface area contributed by atoms with Crippen LogP contribution in [0.1, 0.15) is 41.3 Å². The van der Waals surface area contributed by atoms with Crippen LogP contribution >= 0.6 is 15.9 Å². The average molecular weight is 309 g/mol. The van der Waals surface area contributed by atoms with Gasteiger partial charge in [-0.3, -0.25) is 9.59 Å². The van der Waals surface area contributed by atoms with Crippen molar-refractivity contribution in [1.29, 1.82) is 0 Å². The Morgan fingerprint density at radius 3 is 2.39 bits per heavy atom. The van der Waals surface area contributed by atoms with Gasteiger partial charge in [-0.25, -0.2) is 0 Å². The molecule has 0 saturated heterocycles. The second-order valence-electron chi connectivity index (χ2n) is 5.16. The Kier molecular flexibility index (Phi) is 3.71. The third kappa shape index (κ3) is 2.41. The van der Waals surface area contributed by atoms with Crippen LogP contribution in [0.15, 0.2) is 16.6 Å². The zero-order valence-electron chi connectivity index (χ0n) is 10.9. The zero-order valence-corrected chi connectivity index (χ0v) is 12.5. The molecule has 2 nitrogen and oxygen atoms in total. The third-order valence-electron chi connectivity index (χ3n) is 3.93. The fourth-order valence-electron chi connectivity index (χ4n) is 2.18. The lowest BCUT2D eigenvalue weighted by molar-refractivity contribution is -0.118. The van der Waals surface area contributed by atoms with Gasteiger partial charge in [0.15, 0.2) is 0 Å². The molecule has 1 aliphatic rings. The van der Waals surface area contributed by atoms with Crippen molar-refractivity contribution in [3.05, 3.63) is 33.3 Å². The molecule has 1 unspecified atom stereocenters. The highest BCUT2D eigenvalue weighted by Crippen LogP contribution is 2.37. The van der Waals surface area contributed by atoms with E-state index < -0.39 is 0 Å². The van der Waals surface area contributed by atoms with Gasteiger partial charge in [0.1, 0.15) is 0 Å². The summed E-state index contributed by atoms with van der Waals surface area (Å²) in [5.74, 6) is -0.260. The number of benzene rings is 1. The summed E-state index contributed by atoms with van der Waals surface area (Å²) in [5, 5.41) is 0. The Labute approximate surface area is 116 Å². The van der Waals surface area contributed by atoms with E-state index in [-0.39, 0.29) is 17.5 Å². The highest BCUT2D eigenvalue weighted by molar-refractivity contribution is 9.10. The molecule has 18 heavy (non-hydrogen) atoms. The minimum atomic E-state index is -0.331. The van der Waals surface area contributed by atoms with E-state index in [0.29, 0.717) is 11.5 Å². The van der Waals surface area contributed by atoms with Crippen LogP contribution in [0.5, 0.6) is 0 Å². The molecule has 2 rings (SSSR count). The van der Waals surface area contributed by atoms with Crippen molar-refractivity contribution >= 4 is 27.5 Å². The first kappa shape index (κ1) is 13.5. The van der Waals surface area contributed by atoms with E-state index in [4.69, 9.17) is 0 Å². The molecular formula is C15H17BrO2. The fourth-order valence-corrected chi connectivity index (χ4v) is 2.61. The monoisotopic (exact) mass is 308 g/mol. The largest absolute Gasteiger partial charge is 0.290 e. The van der Waals surface area contributed by atoms with Gasteiger partial charge in [-0.15, -0.1) is 0 Å². The Hall–Kier alpha value is -0.960. The van der Waals surface area contributed by atoms with Gasteiger partial charge in [-0.1, -0.05) is 22.9 Å². The molecule has 1 aromatic rings. The van der Waals surface area contributed by atoms with Gasteiger partial charge in [-0.05, 0) is 55.9 Å². The molecule has 1 atom stereocenters. The molecule has 0 radical (unpaired) electrons. The second-order valence-corrected chi connectivity index (χ2v) is 6.02. The summed E-state index contributed by atoms with van der Waals surface area (Å²) < 4.78 is 0.972. The molecule has 0 bridgehead atoms. The van der Waals surface area contributed by atoms with E-state index in [1.807, 2.05) is 26.8 Å². The van der Waals surface area contributed by atoms with Gasteiger partial charge in [0.25, 0.3) is 0 Å². The van der Waals surface area contributed by atoms with Crippen molar-refractivity contribution < 1.29 is 9.59 Å². The molecule has 0 heterocycles. The number of carbonyl (C=O) groups excluding carboxylic acids is 2. The van der Waals surface area contributed by atoms with Crippen molar-refractivity contribution in [2.75, 3.05) is 0 Å². The van der Waals surface area contributed by atoms with Crippen molar-refractivity contribution in [2.24, 2.45) is 11.8 Å². The van der Waals surface area contributed by atoms with Crippen LogP contribution in [0.3, 0.4) is 0 Å². The Morgan fingerprint density at radius 1 is 1.22 bits per heavy atom. The summed E-state index contributed by atoms with van der Waals surface area (Å²) in [6.07, 6.45) is 2.16.